The molecule has 0 aliphatic heterocycles. The molecule has 3 aromatic heterocycles. The molecular formula is C20H17N3OS2. The lowest BCUT2D eigenvalue weighted by Crippen LogP contribution is -2.02. The van der Waals surface area contributed by atoms with E-state index in [-0.39, 0.29) is 0 Å². The van der Waals surface area contributed by atoms with Gasteiger partial charge in [-0.15, -0.1) is 21.5 Å². The van der Waals surface area contributed by atoms with E-state index in [1.54, 1.807) is 29.4 Å². The highest BCUT2D eigenvalue weighted by Crippen LogP contribution is 2.28. The van der Waals surface area contributed by atoms with Crippen LogP contribution in [0.15, 0.2) is 81.9 Å². The normalized spacial score (nSPS) is 11.4. The van der Waals surface area contributed by atoms with E-state index in [1.807, 2.05) is 36.4 Å². The Hall–Kier alpha value is -2.57. The molecule has 0 saturated heterocycles. The summed E-state index contributed by atoms with van der Waals surface area (Å²) in [6, 6.07) is 18.3. The van der Waals surface area contributed by atoms with Gasteiger partial charge in [0.1, 0.15) is 5.76 Å². The zero-order valence-electron chi connectivity index (χ0n) is 14.0. The van der Waals surface area contributed by atoms with Crippen LogP contribution in [0.3, 0.4) is 0 Å². The van der Waals surface area contributed by atoms with Gasteiger partial charge < -0.3 is 4.42 Å². The van der Waals surface area contributed by atoms with Crippen molar-refractivity contribution in [3.8, 4) is 10.7 Å². The molecule has 0 bridgehead atoms. The Kier molecular flexibility index (Phi) is 5.33. The summed E-state index contributed by atoms with van der Waals surface area (Å²) >= 11 is 3.34. The molecule has 0 spiro atoms. The van der Waals surface area contributed by atoms with E-state index < -0.39 is 0 Å². The molecule has 0 amide bonds. The summed E-state index contributed by atoms with van der Waals surface area (Å²) in [7, 11) is 0. The topological polar surface area (TPSA) is 43.9 Å². The van der Waals surface area contributed by atoms with E-state index in [1.165, 1.54) is 5.56 Å². The van der Waals surface area contributed by atoms with Gasteiger partial charge in [-0.05, 0) is 29.1 Å². The van der Waals surface area contributed by atoms with E-state index in [0.29, 0.717) is 6.54 Å². The van der Waals surface area contributed by atoms with Crippen LogP contribution in [0.5, 0.6) is 0 Å². The van der Waals surface area contributed by atoms with Gasteiger partial charge >= 0.3 is 0 Å². The molecule has 0 atom stereocenters. The first kappa shape index (κ1) is 16.9. The Morgan fingerprint density at radius 1 is 1.04 bits per heavy atom. The van der Waals surface area contributed by atoms with Crippen molar-refractivity contribution in [3.05, 3.63) is 83.6 Å². The highest BCUT2D eigenvalue weighted by molar-refractivity contribution is 7.99. The predicted molar refractivity (Wildman–Crippen MR) is 107 cm³/mol. The van der Waals surface area contributed by atoms with Crippen LogP contribution in [-0.4, -0.2) is 20.5 Å². The summed E-state index contributed by atoms with van der Waals surface area (Å²) in [5.74, 6) is 2.60. The number of aromatic nitrogens is 3. The lowest BCUT2D eigenvalue weighted by molar-refractivity contribution is 0.485. The van der Waals surface area contributed by atoms with Crippen molar-refractivity contribution in [1.29, 1.82) is 0 Å². The number of furan rings is 1. The van der Waals surface area contributed by atoms with Gasteiger partial charge in [-0.2, -0.15) is 0 Å². The van der Waals surface area contributed by atoms with E-state index >= 15 is 0 Å². The highest BCUT2D eigenvalue weighted by Gasteiger charge is 2.16. The smallest absolute Gasteiger partial charge is 0.192 e. The average molecular weight is 380 g/mol. The van der Waals surface area contributed by atoms with Gasteiger partial charge in [0.25, 0.3) is 0 Å². The SMILES string of the molecule is C(=C\c1ccccc1)/CSc1nnc(-c2cccs2)n1Cc1ccco1. The van der Waals surface area contributed by atoms with E-state index in [0.717, 1.165) is 27.4 Å². The fourth-order valence-electron chi connectivity index (χ4n) is 2.56. The van der Waals surface area contributed by atoms with E-state index in [2.05, 4.69) is 50.5 Å². The van der Waals surface area contributed by atoms with Crippen molar-refractivity contribution in [2.45, 2.75) is 11.7 Å². The molecule has 26 heavy (non-hydrogen) atoms. The molecule has 4 nitrogen and oxygen atoms in total. The largest absolute Gasteiger partial charge is 0.467 e. The molecule has 0 unspecified atom stereocenters. The zero-order chi connectivity index (χ0) is 17.6. The molecule has 1 aromatic carbocycles. The molecule has 3 heterocycles. The molecular weight excluding hydrogens is 362 g/mol. The lowest BCUT2D eigenvalue weighted by atomic mass is 10.2. The Morgan fingerprint density at radius 2 is 1.96 bits per heavy atom. The van der Waals surface area contributed by atoms with Gasteiger partial charge in [-0.25, -0.2) is 0 Å². The van der Waals surface area contributed by atoms with Crippen LogP contribution in [0, 0.1) is 0 Å². The van der Waals surface area contributed by atoms with Crippen LogP contribution in [0.1, 0.15) is 11.3 Å². The Labute approximate surface area is 160 Å². The second-order valence-electron chi connectivity index (χ2n) is 5.57. The maximum Gasteiger partial charge on any atom is 0.192 e. The fourth-order valence-corrected chi connectivity index (χ4v) is 4.02. The Balaban J connectivity index is 1.52. The summed E-state index contributed by atoms with van der Waals surface area (Å²) in [5.41, 5.74) is 1.20. The van der Waals surface area contributed by atoms with E-state index in [9.17, 15) is 0 Å². The number of hydrogen-bond donors (Lipinski definition) is 0. The van der Waals surface area contributed by atoms with Gasteiger partial charge in [0.15, 0.2) is 11.0 Å². The van der Waals surface area contributed by atoms with Crippen LogP contribution in [0.2, 0.25) is 0 Å². The molecule has 4 rings (SSSR count). The molecule has 6 heteroatoms. The number of thiophene rings is 1. The van der Waals surface area contributed by atoms with Crippen LogP contribution in [-0.2, 0) is 6.54 Å². The van der Waals surface area contributed by atoms with Gasteiger partial charge in [0.05, 0.1) is 17.7 Å². The number of nitrogens with zero attached hydrogens (tertiary/aromatic N) is 3. The first-order valence-corrected chi connectivity index (χ1v) is 10.1. The van der Waals surface area contributed by atoms with E-state index in [4.69, 9.17) is 4.42 Å². The van der Waals surface area contributed by atoms with Crippen molar-refractivity contribution in [3.63, 3.8) is 0 Å². The monoisotopic (exact) mass is 379 g/mol. The van der Waals surface area contributed by atoms with Gasteiger partial charge in [-0.1, -0.05) is 60.3 Å². The van der Waals surface area contributed by atoms with Gasteiger partial charge in [0, 0.05) is 5.75 Å². The maximum atomic E-state index is 5.52. The first-order valence-electron chi connectivity index (χ1n) is 8.24. The molecule has 0 aliphatic rings. The number of hydrogen-bond acceptors (Lipinski definition) is 5. The van der Waals surface area contributed by atoms with Crippen LogP contribution in [0.25, 0.3) is 16.8 Å². The van der Waals surface area contributed by atoms with Crippen molar-refractivity contribution in [1.82, 2.24) is 14.8 Å². The van der Waals surface area contributed by atoms with Crippen molar-refractivity contribution in [2.75, 3.05) is 5.75 Å². The molecule has 4 aromatic rings. The zero-order valence-corrected chi connectivity index (χ0v) is 15.6. The minimum atomic E-state index is 0.623. The minimum absolute atomic E-state index is 0.623. The van der Waals surface area contributed by atoms with Gasteiger partial charge in [-0.3, -0.25) is 4.57 Å². The summed E-state index contributed by atoms with van der Waals surface area (Å²) in [6.07, 6.45) is 5.97. The quantitative estimate of drug-likeness (QED) is 0.400. The third-order valence-corrected chi connectivity index (χ3v) is 5.56. The van der Waals surface area contributed by atoms with Gasteiger partial charge in [0.2, 0.25) is 0 Å². The molecule has 0 fully saturated rings. The number of benzene rings is 1. The molecule has 130 valence electrons. The van der Waals surface area contributed by atoms with Crippen LogP contribution in [0.4, 0.5) is 0 Å². The fraction of sp³-hybridized carbons (Fsp3) is 0.100. The average Bonchev–Trinajstić information content (AvgIpc) is 3.43. The van der Waals surface area contributed by atoms with Crippen LogP contribution < -0.4 is 0 Å². The minimum Gasteiger partial charge on any atom is -0.467 e. The molecule has 0 saturated carbocycles. The second-order valence-corrected chi connectivity index (χ2v) is 7.51. The highest BCUT2D eigenvalue weighted by atomic mass is 32.2. The third kappa shape index (κ3) is 3.98. The maximum absolute atomic E-state index is 5.52. The van der Waals surface area contributed by atoms with Crippen molar-refractivity contribution >= 4 is 29.2 Å². The second kappa shape index (κ2) is 8.21. The predicted octanol–water partition coefficient (Wildman–Crippen LogP) is 5.45. The van der Waals surface area contributed by atoms with Crippen molar-refractivity contribution in [2.24, 2.45) is 0 Å². The lowest BCUT2D eigenvalue weighted by Gasteiger charge is -2.07. The molecule has 0 aliphatic carbocycles. The molecule has 0 N–H and O–H groups in total. The summed E-state index contributed by atoms with van der Waals surface area (Å²) in [6.45, 7) is 0.623. The number of rotatable bonds is 7. The first-order chi connectivity index (χ1) is 12.9. The Bertz CT molecular complexity index is 958. The number of thioether (sulfide) groups is 1. The third-order valence-electron chi connectivity index (χ3n) is 3.77. The summed E-state index contributed by atoms with van der Waals surface area (Å²) in [5, 5.41) is 11.8. The van der Waals surface area contributed by atoms with Crippen LogP contribution >= 0.6 is 23.1 Å². The summed E-state index contributed by atoms with van der Waals surface area (Å²) in [4.78, 5) is 1.11. The standard InChI is InChI=1S/C20H17N3OS2/c1-2-7-16(8-3-1)9-5-14-26-20-22-21-19(18-11-6-13-25-18)23(20)15-17-10-4-12-24-17/h1-13H,14-15H2/b9-5+. The Morgan fingerprint density at radius 3 is 2.73 bits per heavy atom. The van der Waals surface area contributed by atoms with Crippen molar-refractivity contribution < 1.29 is 4.42 Å². The summed E-state index contributed by atoms with van der Waals surface area (Å²) < 4.78 is 7.64. The molecule has 0 radical (unpaired) electrons.